The van der Waals surface area contributed by atoms with Gasteiger partial charge in [-0.3, -0.25) is 9.48 Å². The Hall–Kier alpha value is -3.03. The first kappa shape index (κ1) is 22.2. The van der Waals surface area contributed by atoms with E-state index < -0.39 is 5.97 Å². The number of benzene rings is 1. The number of hydrogen-bond donors (Lipinski definition) is 0. The molecular formula is C24H31N3O5. The molecule has 8 heteroatoms. The fraction of sp³-hybridized carbons (Fsp3) is 0.542. The second-order valence-corrected chi connectivity index (χ2v) is 9.31. The third kappa shape index (κ3) is 4.59. The molecule has 0 spiro atoms. The van der Waals surface area contributed by atoms with Crippen LogP contribution in [-0.2, 0) is 21.4 Å². The summed E-state index contributed by atoms with van der Waals surface area (Å²) >= 11 is 0. The Kier molecular flexibility index (Phi) is 6.13. The molecule has 3 heterocycles. The van der Waals surface area contributed by atoms with Crippen LogP contribution in [0, 0.1) is 0 Å². The molecule has 172 valence electrons. The lowest BCUT2D eigenvalue weighted by molar-refractivity contribution is -0.131. The fourth-order valence-electron chi connectivity index (χ4n) is 4.23. The average molecular weight is 442 g/mol. The predicted octanol–water partition coefficient (Wildman–Crippen LogP) is 3.49. The lowest BCUT2D eigenvalue weighted by Gasteiger charge is -2.34. The highest BCUT2D eigenvalue weighted by atomic mass is 16.7. The largest absolute Gasteiger partial charge is 0.461 e. The molecule has 0 bridgehead atoms. The second kappa shape index (κ2) is 8.84. The Morgan fingerprint density at radius 3 is 2.53 bits per heavy atom. The van der Waals surface area contributed by atoms with Crippen molar-refractivity contribution in [3.8, 4) is 11.5 Å². The van der Waals surface area contributed by atoms with Gasteiger partial charge in [-0.05, 0) is 43.5 Å². The third-order valence-corrected chi connectivity index (χ3v) is 5.94. The van der Waals surface area contributed by atoms with Crippen molar-refractivity contribution in [2.75, 3.05) is 26.5 Å². The van der Waals surface area contributed by atoms with Crippen LogP contribution < -0.4 is 9.47 Å². The fourth-order valence-corrected chi connectivity index (χ4v) is 4.23. The zero-order valence-electron chi connectivity index (χ0n) is 19.2. The molecule has 2 aliphatic rings. The van der Waals surface area contributed by atoms with Gasteiger partial charge < -0.3 is 19.1 Å². The van der Waals surface area contributed by atoms with Crippen molar-refractivity contribution >= 4 is 11.9 Å². The molecule has 0 N–H and O–H groups in total. The molecule has 1 aromatic carbocycles. The predicted molar refractivity (Wildman–Crippen MR) is 118 cm³/mol. The average Bonchev–Trinajstić information content (AvgIpc) is 3.41. The van der Waals surface area contributed by atoms with E-state index in [0.717, 1.165) is 29.8 Å². The van der Waals surface area contributed by atoms with E-state index in [2.05, 4.69) is 25.9 Å². The Labute approximate surface area is 188 Å². The number of carbonyl (C=O) groups excluding carboxylic acids is 2. The third-order valence-electron chi connectivity index (χ3n) is 5.94. The van der Waals surface area contributed by atoms with E-state index in [9.17, 15) is 9.59 Å². The molecular weight excluding hydrogens is 410 g/mol. The zero-order valence-corrected chi connectivity index (χ0v) is 19.2. The summed E-state index contributed by atoms with van der Waals surface area (Å²) < 4.78 is 17.9. The van der Waals surface area contributed by atoms with Gasteiger partial charge in [0.15, 0.2) is 17.2 Å². The minimum absolute atomic E-state index is 0.103. The van der Waals surface area contributed by atoms with Crippen molar-refractivity contribution in [3.63, 3.8) is 0 Å². The summed E-state index contributed by atoms with van der Waals surface area (Å²) in [5, 5.41) is 4.60. The standard InChI is InChI=1S/C24H31N3O5/c1-5-30-23(29)18-14-21(24(2,3)4)27(25-18)17-8-10-26(11-9-17)22(28)13-16-6-7-19-20(12-16)32-15-31-19/h6-7,12,14,17H,5,8-11,13,15H2,1-4H3. The number of hydrogen-bond acceptors (Lipinski definition) is 6. The van der Waals surface area contributed by atoms with Crippen LogP contribution in [-0.4, -0.2) is 53.0 Å². The van der Waals surface area contributed by atoms with Crippen molar-refractivity contribution < 1.29 is 23.8 Å². The van der Waals surface area contributed by atoms with Gasteiger partial charge in [0.1, 0.15) is 0 Å². The smallest absolute Gasteiger partial charge is 0.358 e. The highest BCUT2D eigenvalue weighted by Crippen LogP contribution is 2.33. The van der Waals surface area contributed by atoms with Gasteiger partial charge in [-0.1, -0.05) is 26.8 Å². The molecule has 0 unspecified atom stereocenters. The quantitative estimate of drug-likeness (QED) is 0.661. The number of amides is 1. The van der Waals surface area contributed by atoms with Crippen LogP contribution in [0.2, 0.25) is 0 Å². The number of aromatic nitrogens is 2. The highest BCUT2D eigenvalue weighted by molar-refractivity contribution is 5.87. The SMILES string of the molecule is CCOC(=O)c1cc(C(C)(C)C)n(C2CCN(C(=O)Cc3ccc4c(c3)OCO4)CC2)n1. The minimum atomic E-state index is -0.395. The van der Waals surface area contributed by atoms with Crippen molar-refractivity contribution in [1.82, 2.24) is 14.7 Å². The molecule has 0 radical (unpaired) electrons. The molecule has 2 aromatic rings. The van der Waals surface area contributed by atoms with E-state index in [1.54, 1.807) is 6.92 Å². The van der Waals surface area contributed by atoms with Crippen LogP contribution >= 0.6 is 0 Å². The highest BCUT2D eigenvalue weighted by Gasteiger charge is 2.31. The lowest BCUT2D eigenvalue weighted by atomic mass is 9.91. The number of fused-ring (bicyclic) bond motifs is 1. The molecule has 8 nitrogen and oxygen atoms in total. The second-order valence-electron chi connectivity index (χ2n) is 9.31. The van der Waals surface area contributed by atoms with Gasteiger partial charge in [-0.15, -0.1) is 0 Å². The molecule has 1 fully saturated rings. The van der Waals surface area contributed by atoms with Crippen LogP contribution in [0.1, 0.15) is 68.3 Å². The van der Waals surface area contributed by atoms with E-state index in [-0.39, 0.29) is 24.2 Å². The van der Waals surface area contributed by atoms with E-state index in [4.69, 9.17) is 14.2 Å². The molecule has 0 atom stereocenters. The van der Waals surface area contributed by atoms with Crippen LogP contribution in [0.5, 0.6) is 11.5 Å². The Morgan fingerprint density at radius 2 is 1.84 bits per heavy atom. The summed E-state index contributed by atoms with van der Waals surface area (Å²) in [5.74, 6) is 1.12. The van der Waals surface area contributed by atoms with E-state index in [0.29, 0.717) is 37.6 Å². The van der Waals surface area contributed by atoms with Crippen LogP contribution in [0.3, 0.4) is 0 Å². The Balaban J connectivity index is 1.42. The van der Waals surface area contributed by atoms with Gasteiger partial charge in [0.05, 0.1) is 19.1 Å². The van der Waals surface area contributed by atoms with Crippen LogP contribution in [0.25, 0.3) is 0 Å². The molecule has 0 saturated carbocycles. The number of esters is 1. The van der Waals surface area contributed by atoms with Gasteiger partial charge in [-0.2, -0.15) is 5.10 Å². The normalized spacial score (nSPS) is 16.3. The van der Waals surface area contributed by atoms with Gasteiger partial charge in [0, 0.05) is 24.2 Å². The Morgan fingerprint density at radius 1 is 1.12 bits per heavy atom. The Bertz CT molecular complexity index is 1000. The maximum absolute atomic E-state index is 12.9. The van der Waals surface area contributed by atoms with Crippen LogP contribution in [0.15, 0.2) is 24.3 Å². The number of ether oxygens (including phenoxy) is 3. The number of likely N-dealkylation sites (tertiary alicyclic amines) is 1. The summed E-state index contributed by atoms with van der Waals surface area (Å²) in [7, 11) is 0. The van der Waals surface area contributed by atoms with Gasteiger partial charge in [0.25, 0.3) is 0 Å². The van der Waals surface area contributed by atoms with Crippen LogP contribution in [0.4, 0.5) is 0 Å². The lowest BCUT2D eigenvalue weighted by Crippen LogP contribution is -2.40. The maximum atomic E-state index is 12.9. The number of carbonyl (C=O) groups is 2. The maximum Gasteiger partial charge on any atom is 0.358 e. The topological polar surface area (TPSA) is 82.9 Å². The van der Waals surface area contributed by atoms with Crippen molar-refractivity contribution in [1.29, 1.82) is 0 Å². The van der Waals surface area contributed by atoms with Crippen molar-refractivity contribution in [3.05, 3.63) is 41.2 Å². The van der Waals surface area contributed by atoms with Crippen molar-refractivity contribution in [2.45, 2.75) is 58.4 Å². The molecule has 1 amide bonds. The summed E-state index contributed by atoms with van der Waals surface area (Å²) in [6.07, 6.45) is 1.92. The summed E-state index contributed by atoms with van der Waals surface area (Å²) in [6, 6.07) is 7.62. The van der Waals surface area contributed by atoms with E-state index >= 15 is 0 Å². The molecule has 0 aliphatic carbocycles. The van der Waals surface area contributed by atoms with E-state index in [1.807, 2.05) is 33.8 Å². The van der Waals surface area contributed by atoms with E-state index in [1.165, 1.54) is 0 Å². The number of rotatable bonds is 5. The summed E-state index contributed by atoms with van der Waals surface area (Å²) in [5.41, 5.74) is 2.11. The summed E-state index contributed by atoms with van der Waals surface area (Å²) in [6.45, 7) is 9.98. The summed E-state index contributed by atoms with van der Waals surface area (Å²) in [4.78, 5) is 27.0. The minimum Gasteiger partial charge on any atom is -0.461 e. The van der Waals surface area contributed by atoms with Gasteiger partial charge >= 0.3 is 5.97 Å². The first-order valence-corrected chi connectivity index (χ1v) is 11.2. The first-order valence-electron chi connectivity index (χ1n) is 11.2. The zero-order chi connectivity index (χ0) is 22.9. The molecule has 32 heavy (non-hydrogen) atoms. The monoisotopic (exact) mass is 441 g/mol. The molecule has 4 rings (SSSR count). The molecule has 1 saturated heterocycles. The molecule has 1 aromatic heterocycles. The van der Waals surface area contributed by atoms with Gasteiger partial charge in [-0.25, -0.2) is 4.79 Å². The first-order chi connectivity index (χ1) is 15.3. The number of piperidine rings is 1. The number of nitrogens with zero attached hydrogens (tertiary/aromatic N) is 3. The van der Waals surface area contributed by atoms with Gasteiger partial charge in [0.2, 0.25) is 12.7 Å². The molecule has 2 aliphatic heterocycles. The van der Waals surface area contributed by atoms with Crippen molar-refractivity contribution in [2.24, 2.45) is 0 Å².